The molecule has 0 aliphatic rings. The Labute approximate surface area is 109 Å². The summed E-state index contributed by atoms with van der Waals surface area (Å²) in [6.45, 7) is 0. The molecule has 1 aromatic carbocycles. The van der Waals surface area contributed by atoms with Crippen LogP contribution in [0.15, 0.2) is 17.3 Å². The molecule has 4 N–H and O–H groups in total. The van der Waals surface area contributed by atoms with E-state index in [-0.39, 0.29) is 11.3 Å². The zero-order valence-corrected chi connectivity index (χ0v) is 10.2. The molecule has 1 aromatic heterocycles. The summed E-state index contributed by atoms with van der Waals surface area (Å²) in [5, 5.41) is 2.19. The van der Waals surface area contributed by atoms with E-state index in [9.17, 15) is 18.4 Å². The van der Waals surface area contributed by atoms with Gasteiger partial charge in [-0.05, 0) is 0 Å². The Bertz CT molecular complexity index is 619. The lowest BCUT2D eigenvalue weighted by Crippen LogP contribution is -2.36. The van der Waals surface area contributed by atoms with Gasteiger partial charge in [0.25, 0.3) is 0 Å². The zero-order chi connectivity index (χ0) is 14.0. The Hall–Kier alpha value is -2.16. The van der Waals surface area contributed by atoms with Crippen LogP contribution >= 0.6 is 11.8 Å². The maximum absolute atomic E-state index is 13.0. The molecule has 0 atom stereocenters. The van der Waals surface area contributed by atoms with Crippen LogP contribution in [0.4, 0.5) is 13.6 Å². The lowest BCUT2D eigenvalue weighted by atomic mass is 10.3. The van der Waals surface area contributed by atoms with E-state index in [1.165, 1.54) is 0 Å². The number of primary amides is 1. The standard InChI is InChI=1S/C10H8F2N4O2S/c11-4-1-6-7(2-5(4)12)15-10(14-6)19-3-8(17)16-9(13)18/h1-2H,3H2,(H,14,15)(H3,13,16,17,18). The second kappa shape index (κ2) is 5.22. The number of urea groups is 1. The molecule has 3 amide bonds. The number of carbonyl (C=O) groups excluding carboxylic acids is 2. The molecular formula is C10H8F2N4O2S. The second-order valence-electron chi connectivity index (χ2n) is 3.53. The van der Waals surface area contributed by atoms with Crippen molar-refractivity contribution in [1.82, 2.24) is 15.3 Å². The number of halogens is 2. The number of fused-ring (bicyclic) bond motifs is 1. The third-order valence-electron chi connectivity index (χ3n) is 2.10. The number of hydrogen-bond acceptors (Lipinski definition) is 4. The monoisotopic (exact) mass is 286 g/mol. The first-order valence-electron chi connectivity index (χ1n) is 5.02. The number of aromatic nitrogens is 2. The van der Waals surface area contributed by atoms with Crippen molar-refractivity contribution in [3.63, 3.8) is 0 Å². The minimum atomic E-state index is -0.998. The molecule has 2 rings (SSSR count). The van der Waals surface area contributed by atoms with Gasteiger partial charge >= 0.3 is 6.03 Å². The Morgan fingerprint density at radius 2 is 2.05 bits per heavy atom. The molecule has 0 radical (unpaired) electrons. The Kier molecular flexibility index (Phi) is 3.65. The number of aromatic amines is 1. The predicted octanol–water partition coefficient (Wildman–Crippen LogP) is 1.13. The van der Waals surface area contributed by atoms with Gasteiger partial charge in [-0.3, -0.25) is 10.1 Å². The van der Waals surface area contributed by atoms with E-state index in [1.54, 1.807) is 0 Å². The Morgan fingerprint density at radius 3 is 2.74 bits per heavy atom. The van der Waals surface area contributed by atoms with Crippen molar-refractivity contribution in [2.24, 2.45) is 5.73 Å². The number of hydrogen-bond donors (Lipinski definition) is 3. The molecule has 100 valence electrons. The van der Waals surface area contributed by atoms with Gasteiger partial charge < -0.3 is 10.7 Å². The van der Waals surface area contributed by atoms with E-state index in [0.717, 1.165) is 23.9 Å². The minimum absolute atomic E-state index is 0.103. The summed E-state index contributed by atoms with van der Waals surface area (Å²) in [4.78, 5) is 28.3. The first kappa shape index (κ1) is 13.3. The Balaban J connectivity index is 2.09. The average Bonchev–Trinajstić information content (AvgIpc) is 2.68. The van der Waals surface area contributed by atoms with Gasteiger partial charge in [-0.2, -0.15) is 0 Å². The lowest BCUT2D eigenvalue weighted by molar-refractivity contribution is -0.117. The first-order valence-corrected chi connectivity index (χ1v) is 6.01. The van der Waals surface area contributed by atoms with Crippen LogP contribution in [0.1, 0.15) is 0 Å². The number of imide groups is 1. The van der Waals surface area contributed by atoms with Gasteiger partial charge in [0.05, 0.1) is 16.8 Å². The van der Waals surface area contributed by atoms with E-state index in [0.29, 0.717) is 10.7 Å². The number of benzene rings is 1. The van der Waals surface area contributed by atoms with Gasteiger partial charge in [0.2, 0.25) is 5.91 Å². The molecule has 6 nitrogen and oxygen atoms in total. The van der Waals surface area contributed by atoms with Crippen LogP contribution in [0.3, 0.4) is 0 Å². The van der Waals surface area contributed by atoms with Crippen LogP contribution in [0.5, 0.6) is 0 Å². The molecule has 1 heterocycles. The van der Waals surface area contributed by atoms with Gasteiger partial charge in [-0.1, -0.05) is 11.8 Å². The van der Waals surface area contributed by atoms with Crippen molar-refractivity contribution in [1.29, 1.82) is 0 Å². The number of rotatable bonds is 3. The molecular weight excluding hydrogens is 278 g/mol. The number of amides is 3. The molecule has 0 aliphatic carbocycles. The molecule has 0 unspecified atom stereocenters. The van der Waals surface area contributed by atoms with Crippen molar-refractivity contribution in [3.05, 3.63) is 23.8 Å². The van der Waals surface area contributed by atoms with Crippen molar-refractivity contribution >= 4 is 34.7 Å². The Morgan fingerprint density at radius 1 is 1.37 bits per heavy atom. The van der Waals surface area contributed by atoms with Crippen LogP contribution < -0.4 is 11.1 Å². The fourth-order valence-corrected chi connectivity index (χ4v) is 2.04. The smallest absolute Gasteiger partial charge is 0.318 e. The van der Waals surface area contributed by atoms with Gasteiger partial charge in [0, 0.05) is 12.1 Å². The molecule has 0 fully saturated rings. The minimum Gasteiger partial charge on any atom is -0.351 e. The normalized spacial score (nSPS) is 10.6. The highest BCUT2D eigenvalue weighted by atomic mass is 32.2. The van der Waals surface area contributed by atoms with Gasteiger partial charge in [-0.25, -0.2) is 18.6 Å². The summed E-state index contributed by atoms with van der Waals surface area (Å²) in [5.41, 5.74) is 5.33. The second-order valence-corrected chi connectivity index (χ2v) is 4.49. The molecule has 2 aromatic rings. The van der Waals surface area contributed by atoms with Crippen LogP contribution in [-0.2, 0) is 4.79 Å². The third-order valence-corrected chi connectivity index (χ3v) is 2.98. The molecule has 9 heteroatoms. The van der Waals surface area contributed by atoms with Gasteiger partial charge in [0.1, 0.15) is 0 Å². The maximum atomic E-state index is 13.0. The first-order chi connectivity index (χ1) is 8.95. The summed E-state index contributed by atoms with van der Waals surface area (Å²) < 4.78 is 25.9. The lowest BCUT2D eigenvalue weighted by Gasteiger charge is -1.97. The molecule has 0 saturated heterocycles. The van der Waals surface area contributed by atoms with E-state index in [2.05, 4.69) is 9.97 Å². The number of H-pyrrole nitrogens is 1. The summed E-state index contributed by atoms with van der Waals surface area (Å²) in [7, 11) is 0. The average molecular weight is 286 g/mol. The number of thioether (sulfide) groups is 1. The number of nitrogens with zero attached hydrogens (tertiary/aromatic N) is 1. The van der Waals surface area contributed by atoms with Crippen LogP contribution in [0.25, 0.3) is 11.0 Å². The van der Waals surface area contributed by atoms with E-state index in [1.807, 2.05) is 5.32 Å². The fourth-order valence-electron chi connectivity index (χ4n) is 1.36. The highest BCUT2D eigenvalue weighted by Crippen LogP contribution is 2.21. The largest absolute Gasteiger partial charge is 0.351 e. The molecule has 19 heavy (non-hydrogen) atoms. The maximum Gasteiger partial charge on any atom is 0.318 e. The fraction of sp³-hybridized carbons (Fsp3) is 0.100. The summed E-state index contributed by atoms with van der Waals surface area (Å²) in [6.07, 6.45) is 0. The van der Waals surface area contributed by atoms with Crippen LogP contribution in [-0.4, -0.2) is 27.7 Å². The molecule has 0 bridgehead atoms. The van der Waals surface area contributed by atoms with E-state index < -0.39 is 23.6 Å². The van der Waals surface area contributed by atoms with Gasteiger partial charge in [0.15, 0.2) is 16.8 Å². The highest BCUT2D eigenvalue weighted by molar-refractivity contribution is 7.99. The van der Waals surface area contributed by atoms with E-state index >= 15 is 0 Å². The quantitative estimate of drug-likeness (QED) is 0.736. The van der Waals surface area contributed by atoms with Gasteiger partial charge in [-0.15, -0.1) is 0 Å². The molecule has 0 saturated carbocycles. The van der Waals surface area contributed by atoms with E-state index in [4.69, 9.17) is 5.73 Å². The summed E-state index contributed by atoms with van der Waals surface area (Å²) in [5.74, 6) is -2.68. The SMILES string of the molecule is NC(=O)NC(=O)CSc1nc2cc(F)c(F)cc2[nH]1. The summed E-state index contributed by atoms with van der Waals surface area (Å²) >= 11 is 0.977. The summed E-state index contributed by atoms with van der Waals surface area (Å²) in [6, 6.07) is 0.985. The predicted molar refractivity (Wildman–Crippen MR) is 64.5 cm³/mol. The van der Waals surface area contributed by atoms with Crippen molar-refractivity contribution < 1.29 is 18.4 Å². The van der Waals surface area contributed by atoms with Crippen molar-refractivity contribution in [2.75, 3.05) is 5.75 Å². The van der Waals surface area contributed by atoms with Crippen molar-refractivity contribution in [2.45, 2.75) is 5.16 Å². The third kappa shape index (κ3) is 3.19. The van der Waals surface area contributed by atoms with Crippen molar-refractivity contribution in [3.8, 4) is 0 Å². The molecule has 0 spiro atoms. The highest BCUT2D eigenvalue weighted by Gasteiger charge is 2.11. The zero-order valence-electron chi connectivity index (χ0n) is 9.37. The number of carbonyl (C=O) groups is 2. The number of nitrogens with one attached hydrogen (secondary N) is 2. The van der Waals surface area contributed by atoms with Crippen LogP contribution in [0, 0.1) is 11.6 Å². The topological polar surface area (TPSA) is 101 Å². The number of nitrogens with two attached hydrogens (primary N) is 1. The molecule has 0 aliphatic heterocycles. The van der Waals surface area contributed by atoms with Crippen LogP contribution in [0.2, 0.25) is 0 Å². The number of imidazole rings is 1.